The molecule has 0 unspecified atom stereocenters. The van der Waals surface area contributed by atoms with E-state index in [1.165, 1.54) is 0 Å². The number of rotatable bonds is 16. The van der Waals surface area contributed by atoms with Crippen molar-refractivity contribution in [1.29, 1.82) is 0 Å². The number of aldehydes is 1. The fourth-order valence-electron chi connectivity index (χ4n) is 4.67. The van der Waals surface area contributed by atoms with Gasteiger partial charge in [0, 0.05) is 12.0 Å². The summed E-state index contributed by atoms with van der Waals surface area (Å²) in [5.74, 6) is 0.748. The van der Waals surface area contributed by atoms with Crippen molar-refractivity contribution in [2.24, 2.45) is 5.41 Å². The molecule has 0 aliphatic heterocycles. The highest BCUT2D eigenvalue weighted by Gasteiger charge is 2.17. The molecule has 0 spiro atoms. The van der Waals surface area contributed by atoms with Gasteiger partial charge in [-0.1, -0.05) is 32.9 Å². The Labute approximate surface area is 293 Å². The highest BCUT2D eigenvalue weighted by molar-refractivity contribution is 5.92. The second kappa shape index (κ2) is 17.8. The van der Waals surface area contributed by atoms with Gasteiger partial charge in [-0.2, -0.15) is 0 Å². The maximum absolute atomic E-state index is 12.9. The predicted molar refractivity (Wildman–Crippen MR) is 189 cm³/mol. The summed E-state index contributed by atoms with van der Waals surface area (Å²) >= 11 is 0. The van der Waals surface area contributed by atoms with Gasteiger partial charge >= 0.3 is 17.9 Å². The first-order valence-corrected chi connectivity index (χ1v) is 16.6. The third-order valence-corrected chi connectivity index (χ3v) is 7.94. The lowest BCUT2D eigenvalue weighted by atomic mass is 9.91. The molecule has 4 rings (SSSR count). The fourth-order valence-corrected chi connectivity index (χ4v) is 4.67. The Bertz CT molecular complexity index is 1750. The number of carbonyl (C=O) groups excluding carboxylic acids is 4. The lowest BCUT2D eigenvalue weighted by Gasteiger charge is -2.16. The van der Waals surface area contributed by atoms with Crippen LogP contribution in [0.2, 0.25) is 0 Å². The lowest BCUT2D eigenvalue weighted by molar-refractivity contribution is -0.144. The molecule has 0 fully saturated rings. The van der Waals surface area contributed by atoms with Gasteiger partial charge in [0.1, 0.15) is 35.9 Å². The van der Waals surface area contributed by atoms with Gasteiger partial charge in [0.25, 0.3) is 0 Å². The van der Waals surface area contributed by atoms with E-state index in [4.69, 9.17) is 23.7 Å². The van der Waals surface area contributed by atoms with Gasteiger partial charge in [-0.25, -0.2) is 9.59 Å². The van der Waals surface area contributed by atoms with Crippen LogP contribution in [0.5, 0.6) is 23.0 Å². The Kier molecular flexibility index (Phi) is 13.3. The zero-order chi connectivity index (χ0) is 36.1. The van der Waals surface area contributed by atoms with Crippen LogP contribution >= 0.6 is 0 Å². The van der Waals surface area contributed by atoms with Gasteiger partial charge in [-0.15, -0.1) is 0 Å². The largest absolute Gasteiger partial charge is 0.494 e. The van der Waals surface area contributed by atoms with Crippen molar-refractivity contribution in [3.63, 3.8) is 0 Å². The van der Waals surface area contributed by atoms with Crippen molar-refractivity contribution >= 4 is 24.2 Å². The lowest BCUT2D eigenvalue weighted by Crippen LogP contribution is -2.12. The highest BCUT2D eigenvalue weighted by Crippen LogP contribution is 2.30. The van der Waals surface area contributed by atoms with Crippen LogP contribution in [-0.4, -0.2) is 37.4 Å². The molecular formula is C41H44O9. The van der Waals surface area contributed by atoms with Crippen molar-refractivity contribution in [2.45, 2.75) is 66.9 Å². The summed E-state index contributed by atoms with van der Waals surface area (Å²) in [6, 6.07) is 23.6. The zero-order valence-electron chi connectivity index (χ0n) is 29.3. The maximum atomic E-state index is 12.9. The molecule has 4 aromatic carbocycles. The van der Waals surface area contributed by atoms with Crippen LogP contribution in [-0.2, 0) is 16.1 Å². The van der Waals surface area contributed by atoms with E-state index in [0.717, 1.165) is 24.7 Å². The quantitative estimate of drug-likeness (QED) is 0.0496. The van der Waals surface area contributed by atoms with Crippen LogP contribution in [0, 0.1) is 19.3 Å². The molecule has 0 saturated heterocycles. The first-order valence-electron chi connectivity index (χ1n) is 16.6. The first kappa shape index (κ1) is 37.4. The van der Waals surface area contributed by atoms with Gasteiger partial charge < -0.3 is 23.7 Å². The summed E-state index contributed by atoms with van der Waals surface area (Å²) in [6.45, 7) is 11.0. The molecule has 9 heteroatoms. The molecule has 0 amide bonds. The van der Waals surface area contributed by atoms with Crippen molar-refractivity contribution in [3.8, 4) is 23.0 Å². The van der Waals surface area contributed by atoms with E-state index < -0.39 is 11.9 Å². The minimum atomic E-state index is -0.529. The fraction of sp³-hybridized carbons (Fsp3) is 0.317. The van der Waals surface area contributed by atoms with Crippen molar-refractivity contribution < 1.29 is 42.9 Å². The molecule has 262 valence electrons. The number of benzene rings is 4. The molecule has 0 aliphatic rings. The zero-order valence-corrected chi connectivity index (χ0v) is 29.3. The Morgan fingerprint density at radius 2 is 1.14 bits per heavy atom. The molecule has 0 saturated carbocycles. The van der Waals surface area contributed by atoms with E-state index in [2.05, 4.69) is 20.8 Å². The van der Waals surface area contributed by atoms with Crippen LogP contribution in [0.1, 0.15) is 94.2 Å². The Morgan fingerprint density at radius 3 is 1.68 bits per heavy atom. The average Bonchev–Trinajstić information content (AvgIpc) is 3.11. The third kappa shape index (κ3) is 11.6. The molecule has 0 atom stereocenters. The SMILES string of the molecule is Cc1c(OC(=O)c2ccc(COc3ccc(C=O)cc3)cc2)ccc(OC(=O)c2ccc(OCCCCOC(=O)CCC(C)(C)C)cc2)c1C. The van der Waals surface area contributed by atoms with Gasteiger partial charge in [0.2, 0.25) is 0 Å². The van der Waals surface area contributed by atoms with Crippen molar-refractivity contribution in [2.75, 3.05) is 13.2 Å². The average molecular weight is 681 g/mol. The molecule has 0 radical (unpaired) electrons. The Hall–Kier alpha value is -5.44. The predicted octanol–water partition coefficient (Wildman–Crippen LogP) is 8.66. The van der Waals surface area contributed by atoms with E-state index in [0.29, 0.717) is 83.5 Å². The number of esters is 3. The minimum Gasteiger partial charge on any atom is -0.494 e. The first-order chi connectivity index (χ1) is 23.9. The number of hydrogen-bond donors (Lipinski definition) is 0. The van der Waals surface area contributed by atoms with Gasteiger partial charge in [0.05, 0.1) is 24.3 Å². The maximum Gasteiger partial charge on any atom is 0.343 e. The minimum absolute atomic E-state index is 0.102. The number of hydrogen-bond acceptors (Lipinski definition) is 9. The van der Waals surface area contributed by atoms with E-state index >= 15 is 0 Å². The smallest absolute Gasteiger partial charge is 0.343 e. The summed E-state index contributed by atoms with van der Waals surface area (Å²) in [4.78, 5) is 48.4. The topological polar surface area (TPSA) is 114 Å². The standard InChI is InChI=1S/C41H44O9/c1-28-29(2)37(50-40(45)33-14-18-34(19-15-33)46-24-6-7-25-47-38(43)22-23-41(3,4)5)21-20-36(28)49-39(44)32-12-8-31(9-13-32)27-48-35-16-10-30(26-42)11-17-35/h8-21,26H,6-7,22-25,27H2,1-5H3. The molecule has 50 heavy (non-hydrogen) atoms. The summed E-state index contributed by atoms with van der Waals surface area (Å²) in [6.07, 6.45) is 3.42. The Balaban J connectivity index is 1.21. The second-order valence-electron chi connectivity index (χ2n) is 13.1. The summed E-state index contributed by atoms with van der Waals surface area (Å²) < 4.78 is 28.1. The number of unbranched alkanes of at least 4 members (excludes halogenated alkanes) is 1. The van der Waals surface area contributed by atoms with Gasteiger partial charge in [-0.05, 0) is 128 Å². The summed E-state index contributed by atoms with van der Waals surface area (Å²) in [5, 5.41) is 0. The molecular weight excluding hydrogens is 636 g/mol. The van der Waals surface area contributed by atoms with Crippen LogP contribution in [0.3, 0.4) is 0 Å². The van der Waals surface area contributed by atoms with Crippen LogP contribution in [0.4, 0.5) is 0 Å². The van der Waals surface area contributed by atoms with E-state index in [1.807, 2.05) is 0 Å². The molecule has 0 N–H and O–H groups in total. The molecule has 0 bridgehead atoms. The van der Waals surface area contributed by atoms with Gasteiger partial charge in [0.15, 0.2) is 0 Å². The number of ether oxygens (including phenoxy) is 5. The Morgan fingerprint density at radius 1 is 0.640 bits per heavy atom. The normalized spacial score (nSPS) is 11.0. The van der Waals surface area contributed by atoms with E-state index in [-0.39, 0.29) is 11.4 Å². The van der Waals surface area contributed by atoms with Crippen LogP contribution in [0.25, 0.3) is 0 Å². The van der Waals surface area contributed by atoms with Crippen molar-refractivity contribution in [1.82, 2.24) is 0 Å². The van der Waals surface area contributed by atoms with E-state index in [9.17, 15) is 19.2 Å². The third-order valence-electron chi connectivity index (χ3n) is 7.94. The van der Waals surface area contributed by atoms with E-state index in [1.54, 1.807) is 98.8 Å². The monoisotopic (exact) mass is 680 g/mol. The summed E-state index contributed by atoms with van der Waals surface area (Å²) in [7, 11) is 0. The van der Waals surface area contributed by atoms with Gasteiger partial charge in [-0.3, -0.25) is 9.59 Å². The second-order valence-corrected chi connectivity index (χ2v) is 13.1. The molecule has 0 aromatic heterocycles. The van der Waals surface area contributed by atoms with Crippen LogP contribution in [0.15, 0.2) is 84.9 Å². The van der Waals surface area contributed by atoms with Crippen molar-refractivity contribution in [3.05, 3.63) is 118 Å². The number of carbonyl (C=O) groups is 4. The molecule has 9 nitrogen and oxygen atoms in total. The summed E-state index contributed by atoms with van der Waals surface area (Å²) in [5.41, 5.74) is 3.59. The molecule has 0 heterocycles. The molecule has 4 aromatic rings. The highest BCUT2D eigenvalue weighted by atomic mass is 16.5. The molecule has 0 aliphatic carbocycles. The van der Waals surface area contributed by atoms with Crippen LogP contribution < -0.4 is 18.9 Å².